The molecule has 3 N–H and O–H groups in total. The normalized spacial score (nSPS) is 15.8. The van der Waals surface area contributed by atoms with Crippen molar-refractivity contribution < 1.29 is 9.59 Å². The average molecular weight is 273 g/mol. The Morgan fingerprint density at radius 3 is 2.70 bits per heavy atom. The number of carbonyl (C=O) groups is 2. The second-order valence-electron chi connectivity index (χ2n) is 4.90. The van der Waals surface area contributed by atoms with Crippen LogP contribution < -0.4 is 11.1 Å². The van der Waals surface area contributed by atoms with Crippen LogP contribution in [0.15, 0.2) is 36.9 Å². The Morgan fingerprint density at radius 2 is 2.05 bits per heavy atom. The molecule has 0 aliphatic carbocycles. The van der Waals surface area contributed by atoms with Gasteiger partial charge in [-0.15, -0.1) is 0 Å². The van der Waals surface area contributed by atoms with Gasteiger partial charge in [-0.25, -0.2) is 0 Å². The van der Waals surface area contributed by atoms with Crippen LogP contribution in [0.25, 0.3) is 0 Å². The predicted molar refractivity (Wildman–Crippen MR) is 78.4 cm³/mol. The minimum atomic E-state index is -0.293. The van der Waals surface area contributed by atoms with Crippen LogP contribution >= 0.6 is 0 Å². The third-order valence-electron chi connectivity index (χ3n) is 3.39. The first-order valence-corrected chi connectivity index (χ1v) is 6.68. The molecule has 1 aromatic rings. The van der Waals surface area contributed by atoms with Crippen LogP contribution in [0.5, 0.6) is 0 Å². The highest BCUT2D eigenvalue weighted by Gasteiger charge is 2.21. The number of nitrogens with two attached hydrogens (primary N) is 1. The van der Waals surface area contributed by atoms with Gasteiger partial charge in [-0.05, 0) is 37.1 Å². The van der Waals surface area contributed by atoms with Gasteiger partial charge in [0.25, 0.3) is 5.91 Å². The number of hydrogen-bond donors (Lipinski definition) is 2. The Bertz CT molecular complexity index is 520. The van der Waals surface area contributed by atoms with E-state index < -0.39 is 0 Å². The lowest BCUT2D eigenvalue weighted by molar-refractivity contribution is -0.111. The second-order valence-corrected chi connectivity index (χ2v) is 4.90. The number of nitrogens with zero attached hydrogens (tertiary/aromatic N) is 1. The SMILES string of the molecule is C=CC(=O)Nc1cccc(C(=O)N2CCC(N)CC2)c1. The Hall–Kier alpha value is -2.14. The molecule has 1 aromatic carbocycles. The van der Waals surface area contributed by atoms with E-state index in [2.05, 4.69) is 11.9 Å². The van der Waals surface area contributed by atoms with Gasteiger partial charge in [-0.2, -0.15) is 0 Å². The summed E-state index contributed by atoms with van der Waals surface area (Å²) in [6.07, 6.45) is 2.86. The van der Waals surface area contributed by atoms with Gasteiger partial charge in [0.1, 0.15) is 0 Å². The molecular formula is C15H19N3O2. The number of rotatable bonds is 3. The van der Waals surface area contributed by atoms with Crippen LogP contribution in [0.4, 0.5) is 5.69 Å². The van der Waals surface area contributed by atoms with Crippen molar-refractivity contribution in [2.45, 2.75) is 18.9 Å². The number of carbonyl (C=O) groups excluding carboxylic acids is 2. The summed E-state index contributed by atoms with van der Waals surface area (Å²) in [6.45, 7) is 4.76. The van der Waals surface area contributed by atoms with Gasteiger partial charge >= 0.3 is 0 Å². The zero-order valence-electron chi connectivity index (χ0n) is 11.3. The maximum absolute atomic E-state index is 12.4. The zero-order valence-corrected chi connectivity index (χ0v) is 11.3. The zero-order chi connectivity index (χ0) is 14.5. The highest BCUT2D eigenvalue weighted by molar-refractivity contribution is 6.00. The molecule has 20 heavy (non-hydrogen) atoms. The lowest BCUT2D eigenvalue weighted by atomic mass is 10.0. The Labute approximate surface area is 118 Å². The van der Waals surface area contributed by atoms with Gasteiger partial charge < -0.3 is 16.0 Å². The molecule has 0 spiro atoms. The number of likely N-dealkylation sites (tertiary alicyclic amines) is 1. The van der Waals surface area contributed by atoms with Gasteiger partial charge in [-0.1, -0.05) is 12.6 Å². The molecule has 0 atom stereocenters. The first-order chi connectivity index (χ1) is 9.60. The Kier molecular flexibility index (Phi) is 4.53. The summed E-state index contributed by atoms with van der Waals surface area (Å²) in [6, 6.07) is 7.11. The maximum atomic E-state index is 12.4. The molecule has 0 radical (unpaired) electrons. The number of piperidine rings is 1. The third kappa shape index (κ3) is 3.45. The highest BCUT2D eigenvalue weighted by Crippen LogP contribution is 2.16. The van der Waals surface area contributed by atoms with E-state index in [9.17, 15) is 9.59 Å². The van der Waals surface area contributed by atoms with Gasteiger partial charge in [-0.3, -0.25) is 9.59 Å². The van der Waals surface area contributed by atoms with Crippen LogP contribution in [-0.2, 0) is 4.79 Å². The molecular weight excluding hydrogens is 254 g/mol. The summed E-state index contributed by atoms with van der Waals surface area (Å²) >= 11 is 0. The van der Waals surface area contributed by atoms with Gasteiger partial charge in [0.05, 0.1) is 0 Å². The first kappa shape index (κ1) is 14.3. The van der Waals surface area contributed by atoms with Crippen LogP contribution in [0, 0.1) is 0 Å². The molecule has 5 nitrogen and oxygen atoms in total. The monoisotopic (exact) mass is 273 g/mol. The van der Waals surface area contributed by atoms with Gasteiger partial charge in [0, 0.05) is 30.4 Å². The molecule has 0 aromatic heterocycles. The van der Waals surface area contributed by atoms with Crippen molar-refractivity contribution in [1.82, 2.24) is 4.90 Å². The highest BCUT2D eigenvalue weighted by atomic mass is 16.2. The summed E-state index contributed by atoms with van der Waals surface area (Å²) in [7, 11) is 0. The Morgan fingerprint density at radius 1 is 1.35 bits per heavy atom. The third-order valence-corrected chi connectivity index (χ3v) is 3.39. The summed E-state index contributed by atoms with van der Waals surface area (Å²) in [5, 5.41) is 2.65. The summed E-state index contributed by atoms with van der Waals surface area (Å²) in [5.74, 6) is -0.315. The van der Waals surface area contributed by atoms with E-state index in [0.717, 1.165) is 12.8 Å². The molecule has 0 unspecified atom stereocenters. The minimum absolute atomic E-state index is 0.0217. The van der Waals surface area contributed by atoms with E-state index in [4.69, 9.17) is 5.73 Å². The number of hydrogen-bond acceptors (Lipinski definition) is 3. The van der Waals surface area contributed by atoms with E-state index in [0.29, 0.717) is 24.3 Å². The molecule has 1 saturated heterocycles. The molecule has 1 aliphatic rings. The fraction of sp³-hybridized carbons (Fsp3) is 0.333. The quantitative estimate of drug-likeness (QED) is 0.817. The smallest absolute Gasteiger partial charge is 0.253 e. The number of anilines is 1. The van der Waals surface area contributed by atoms with Crippen molar-refractivity contribution in [1.29, 1.82) is 0 Å². The summed E-state index contributed by atoms with van der Waals surface area (Å²) < 4.78 is 0. The second kappa shape index (κ2) is 6.34. The van der Waals surface area contributed by atoms with Crippen molar-refractivity contribution >= 4 is 17.5 Å². The van der Waals surface area contributed by atoms with Crippen molar-refractivity contribution in [3.63, 3.8) is 0 Å². The average Bonchev–Trinajstić information content (AvgIpc) is 2.47. The van der Waals surface area contributed by atoms with Crippen molar-refractivity contribution in [2.75, 3.05) is 18.4 Å². The number of nitrogens with one attached hydrogen (secondary N) is 1. The number of benzene rings is 1. The van der Waals surface area contributed by atoms with Crippen LogP contribution in [0.3, 0.4) is 0 Å². The largest absolute Gasteiger partial charge is 0.339 e. The van der Waals surface area contributed by atoms with E-state index in [1.54, 1.807) is 29.2 Å². The van der Waals surface area contributed by atoms with Gasteiger partial charge in [0.15, 0.2) is 0 Å². The van der Waals surface area contributed by atoms with Crippen molar-refractivity contribution in [3.8, 4) is 0 Å². The van der Waals surface area contributed by atoms with Crippen LogP contribution in [-0.4, -0.2) is 35.8 Å². The topological polar surface area (TPSA) is 75.4 Å². The number of amides is 2. The fourth-order valence-corrected chi connectivity index (χ4v) is 2.21. The lowest BCUT2D eigenvalue weighted by Gasteiger charge is -2.30. The fourth-order valence-electron chi connectivity index (χ4n) is 2.21. The van der Waals surface area contributed by atoms with Crippen molar-refractivity contribution in [3.05, 3.63) is 42.5 Å². The molecule has 0 saturated carbocycles. The van der Waals surface area contributed by atoms with Gasteiger partial charge in [0.2, 0.25) is 5.91 Å². The molecule has 5 heteroatoms. The minimum Gasteiger partial charge on any atom is -0.339 e. The predicted octanol–water partition coefficient (Wildman–Crippen LogP) is 1.37. The molecule has 106 valence electrons. The molecule has 1 aliphatic heterocycles. The summed E-state index contributed by atoms with van der Waals surface area (Å²) in [5.41, 5.74) is 7.00. The van der Waals surface area contributed by atoms with E-state index in [1.807, 2.05) is 0 Å². The molecule has 2 amide bonds. The van der Waals surface area contributed by atoms with E-state index in [-0.39, 0.29) is 17.9 Å². The first-order valence-electron chi connectivity index (χ1n) is 6.68. The molecule has 1 fully saturated rings. The molecule has 0 bridgehead atoms. The molecule has 2 rings (SSSR count). The standard InChI is InChI=1S/C15H19N3O2/c1-2-14(19)17-13-5-3-4-11(10-13)15(20)18-8-6-12(16)7-9-18/h2-5,10,12H,1,6-9,16H2,(H,17,19). The lowest BCUT2D eigenvalue weighted by Crippen LogP contribution is -2.42. The molecule has 1 heterocycles. The Balaban J connectivity index is 2.08. The van der Waals surface area contributed by atoms with Crippen molar-refractivity contribution in [2.24, 2.45) is 5.73 Å². The summed E-state index contributed by atoms with van der Waals surface area (Å²) in [4.78, 5) is 25.4. The van der Waals surface area contributed by atoms with E-state index >= 15 is 0 Å². The van der Waals surface area contributed by atoms with E-state index in [1.165, 1.54) is 6.08 Å². The van der Waals surface area contributed by atoms with Crippen LogP contribution in [0.2, 0.25) is 0 Å². The maximum Gasteiger partial charge on any atom is 0.253 e. The van der Waals surface area contributed by atoms with Crippen LogP contribution in [0.1, 0.15) is 23.2 Å².